The van der Waals surface area contributed by atoms with Crippen LogP contribution in [0, 0.1) is 5.92 Å². The SMILES string of the molecule is COC1CCN(CC2CCCN(S(C)(=O)=O)C2)C(CN)C1. The van der Waals surface area contributed by atoms with Gasteiger partial charge in [-0.2, -0.15) is 0 Å². The summed E-state index contributed by atoms with van der Waals surface area (Å²) in [7, 11) is -1.30. The molecule has 2 aliphatic heterocycles. The smallest absolute Gasteiger partial charge is 0.211 e. The minimum Gasteiger partial charge on any atom is -0.381 e. The van der Waals surface area contributed by atoms with E-state index < -0.39 is 10.0 Å². The number of hydrogen-bond acceptors (Lipinski definition) is 5. The molecule has 2 N–H and O–H groups in total. The van der Waals surface area contributed by atoms with Crippen LogP contribution in [0.3, 0.4) is 0 Å². The molecule has 21 heavy (non-hydrogen) atoms. The van der Waals surface area contributed by atoms with E-state index in [0.717, 1.165) is 38.8 Å². The highest BCUT2D eigenvalue weighted by molar-refractivity contribution is 7.88. The molecular weight excluding hydrogens is 290 g/mol. The number of nitrogens with zero attached hydrogens (tertiary/aromatic N) is 2. The highest BCUT2D eigenvalue weighted by atomic mass is 32.2. The van der Waals surface area contributed by atoms with E-state index in [1.165, 1.54) is 6.26 Å². The van der Waals surface area contributed by atoms with Crippen LogP contribution in [0.25, 0.3) is 0 Å². The Hall–Kier alpha value is -0.210. The second-order valence-corrected chi connectivity index (χ2v) is 8.38. The molecule has 0 bridgehead atoms. The third-order valence-electron chi connectivity index (χ3n) is 4.84. The average Bonchev–Trinajstić information content (AvgIpc) is 2.47. The molecule has 0 aromatic carbocycles. The van der Waals surface area contributed by atoms with Crippen LogP contribution in [-0.2, 0) is 14.8 Å². The number of sulfonamides is 1. The number of hydrogen-bond donors (Lipinski definition) is 1. The molecule has 124 valence electrons. The quantitative estimate of drug-likeness (QED) is 0.777. The molecule has 2 aliphatic rings. The van der Waals surface area contributed by atoms with Gasteiger partial charge in [0.1, 0.15) is 0 Å². The number of methoxy groups -OCH3 is 1. The highest BCUT2D eigenvalue weighted by Gasteiger charge is 2.32. The lowest BCUT2D eigenvalue weighted by Crippen LogP contribution is -2.52. The van der Waals surface area contributed by atoms with Crippen LogP contribution in [0.2, 0.25) is 0 Å². The minimum absolute atomic E-state index is 0.314. The van der Waals surface area contributed by atoms with Crippen LogP contribution < -0.4 is 5.73 Å². The summed E-state index contributed by atoms with van der Waals surface area (Å²) in [5, 5.41) is 0. The lowest BCUT2D eigenvalue weighted by molar-refractivity contribution is 0.00483. The third kappa shape index (κ3) is 4.63. The van der Waals surface area contributed by atoms with Crippen molar-refractivity contribution in [3.8, 4) is 0 Å². The van der Waals surface area contributed by atoms with E-state index in [-0.39, 0.29) is 0 Å². The summed E-state index contributed by atoms with van der Waals surface area (Å²) < 4.78 is 30.5. The van der Waals surface area contributed by atoms with Gasteiger partial charge in [-0.15, -0.1) is 0 Å². The van der Waals surface area contributed by atoms with Gasteiger partial charge in [-0.3, -0.25) is 4.90 Å². The molecule has 7 heteroatoms. The molecule has 2 heterocycles. The van der Waals surface area contributed by atoms with Crippen molar-refractivity contribution >= 4 is 10.0 Å². The predicted octanol–water partition coefficient (Wildman–Crippen LogP) is 0.0961. The maximum absolute atomic E-state index is 11.7. The van der Waals surface area contributed by atoms with Gasteiger partial charge in [0.05, 0.1) is 12.4 Å². The third-order valence-corrected chi connectivity index (χ3v) is 6.11. The molecule has 3 unspecified atom stereocenters. The Bertz CT molecular complexity index is 429. The van der Waals surface area contributed by atoms with Crippen molar-refractivity contribution in [3.05, 3.63) is 0 Å². The second kappa shape index (κ2) is 7.37. The molecule has 2 saturated heterocycles. The van der Waals surface area contributed by atoms with E-state index in [4.69, 9.17) is 10.5 Å². The lowest BCUT2D eigenvalue weighted by atomic mass is 9.94. The van der Waals surface area contributed by atoms with E-state index >= 15 is 0 Å². The van der Waals surface area contributed by atoms with Gasteiger partial charge in [0.25, 0.3) is 0 Å². The first-order valence-electron chi connectivity index (χ1n) is 7.86. The molecule has 0 aromatic rings. The molecule has 0 aromatic heterocycles. The normalized spacial score (nSPS) is 33.2. The van der Waals surface area contributed by atoms with Crippen LogP contribution in [0.5, 0.6) is 0 Å². The Morgan fingerprint density at radius 2 is 2.05 bits per heavy atom. The summed E-state index contributed by atoms with van der Waals surface area (Å²) in [4.78, 5) is 2.44. The molecular formula is C14H29N3O3S. The summed E-state index contributed by atoms with van der Waals surface area (Å²) in [5.74, 6) is 0.418. The van der Waals surface area contributed by atoms with Gasteiger partial charge in [0, 0.05) is 45.9 Å². The van der Waals surface area contributed by atoms with Crippen molar-refractivity contribution in [3.63, 3.8) is 0 Å². The van der Waals surface area contributed by atoms with Crippen molar-refractivity contribution in [2.75, 3.05) is 46.1 Å². The Kier molecular flexibility index (Phi) is 6.02. The summed E-state index contributed by atoms with van der Waals surface area (Å²) in [6, 6.07) is 0.359. The molecule has 0 saturated carbocycles. The lowest BCUT2D eigenvalue weighted by Gasteiger charge is -2.41. The van der Waals surface area contributed by atoms with Gasteiger partial charge in [-0.25, -0.2) is 12.7 Å². The van der Waals surface area contributed by atoms with Crippen molar-refractivity contribution < 1.29 is 13.2 Å². The molecule has 6 nitrogen and oxygen atoms in total. The van der Waals surface area contributed by atoms with Crippen molar-refractivity contribution in [2.24, 2.45) is 11.7 Å². The monoisotopic (exact) mass is 319 g/mol. The van der Waals surface area contributed by atoms with Gasteiger partial charge < -0.3 is 10.5 Å². The van der Waals surface area contributed by atoms with Crippen molar-refractivity contribution in [1.82, 2.24) is 9.21 Å². The summed E-state index contributed by atoms with van der Waals surface area (Å²) in [6.45, 7) is 3.91. The molecule has 2 rings (SSSR count). The molecule has 3 atom stereocenters. The van der Waals surface area contributed by atoms with Crippen LogP contribution in [-0.4, -0.2) is 75.9 Å². The summed E-state index contributed by atoms with van der Waals surface area (Å²) >= 11 is 0. The highest BCUT2D eigenvalue weighted by Crippen LogP contribution is 2.24. The summed E-state index contributed by atoms with van der Waals surface area (Å²) in [6.07, 6.45) is 5.70. The number of rotatable bonds is 5. The first-order chi connectivity index (χ1) is 9.94. The van der Waals surface area contributed by atoms with Gasteiger partial charge in [-0.1, -0.05) is 0 Å². The first-order valence-corrected chi connectivity index (χ1v) is 9.71. The predicted molar refractivity (Wildman–Crippen MR) is 83.6 cm³/mol. The molecule has 0 amide bonds. The standard InChI is InChI=1S/C14H29N3O3S/c1-20-14-5-7-16(13(8-14)9-15)10-12-4-3-6-17(11-12)21(2,18)19/h12-14H,3-11,15H2,1-2H3. The van der Waals surface area contributed by atoms with E-state index in [0.29, 0.717) is 37.7 Å². The zero-order valence-electron chi connectivity index (χ0n) is 13.2. The number of likely N-dealkylation sites (tertiary alicyclic amines) is 1. The van der Waals surface area contributed by atoms with E-state index in [1.54, 1.807) is 11.4 Å². The van der Waals surface area contributed by atoms with E-state index in [9.17, 15) is 8.42 Å². The van der Waals surface area contributed by atoms with Crippen LogP contribution in [0.4, 0.5) is 0 Å². The van der Waals surface area contributed by atoms with E-state index in [1.807, 2.05) is 0 Å². The zero-order chi connectivity index (χ0) is 15.5. The average molecular weight is 319 g/mol. The molecule has 2 fully saturated rings. The van der Waals surface area contributed by atoms with Crippen LogP contribution in [0.1, 0.15) is 25.7 Å². The number of ether oxygens (including phenoxy) is 1. The maximum atomic E-state index is 11.7. The van der Waals surface area contributed by atoms with Gasteiger partial charge in [0.15, 0.2) is 0 Å². The molecule has 0 radical (unpaired) electrons. The largest absolute Gasteiger partial charge is 0.381 e. The fraction of sp³-hybridized carbons (Fsp3) is 1.00. The Morgan fingerprint density at radius 3 is 2.67 bits per heavy atom. The molecule has 0 aliphatic carbocycles. The topological polar surface area (TPSA) is 75.9 Å². The number of nitrogens with two attached hydrogens (primary N) is 1. The Labute approximate surface area is 128 Å². The number of piperidine rings is 2. The maximum Gasteiger partial charge on any atom is 0.211 e. The van der Waals surface area contributed by atoms with Gasteiger partial charge in [0.2, 0.25) is 10.0 Å². The minimum atomic E-state index is -3.06. The van der Waals surface area contributed by atoms with Crippen molar-refractivity contribution in [2.45, 2.75) is 37.8 Å². The van der Waals surface area contributed by atoms with Crippen LogP contribution >= 0.6 is 0 Å². The summed E-state index contributed by atoms with van der Waals surface area (Å²) in [5.41, 5.74) is 5.91. The second-order valence-electron chi connectivity index (χ2n) is 6.40. The van der Waals surface area contributed by atoms with Gasteiger partial charge >= 0.3 is 0 Å². The first kappa shape index (κ1) is 17.1. The Balaban J connectivity index is 1.91. The van der Waals surface area contributed by atoms with Crippen molar-refractivity contribution in [1.29, 1.82) is 0 Å². The van der Waals surface area contributed by atoms with Gasteiger partial charge in [-0.05, 0) is 31.6 Å². The van der Waals surface area contributed by atoms with Crippen LogP contribution in [0.15, 0.2) is 0 Å². The fourth-order valence-corrected chi connectivity index (χ4v) is 4.51. The zero-order valence-corrected chi connectivity index (χ0v) is 14.0. The Morgan fingerprint density at radius 1 is 1.29 bits per heavy atom. The van der Waals surface area contributed by atoms with E-state index in [2.05, 4.69) is 4.90 Å². The fourth-order valence-electron chi connectivity index (χ4n) is 3.57. The molecule has 0 spiro atoms.